The van der Waals surface area contributed by atoms with Crippen LogP contribution >= 0.6 is 0 Å². The van der Waals surface area contributed by atoms with Gasteiger partial charge < -0.3 is 24.9 Å². The first kappa shape index (κ1) is 21.3. The molecule has 7 nitrogen and oxygen atoms in total. The molecule has 3 aromatic rings. The van der Waals surface area contributed by atoms with Gasteiger partial charge in [-0.05, 0) is 38.8 Å². The van der Waals surface area contributed by atoms with Crippen LogP contribution in [0.15, 0.2) is 18.2 Å². The number of nitrogen functional groups attached to an aromatic ring is 1. The standard InChI is InChI=1S/C22H32N4O3/c1-6-28-13-17-25-19-20(26(17)12-14(2)3)18-15(24-21(19)23)8-7-9-16(18)29-11-10-22(4,5)27/h7-9,14,27H,6,10-13H2,1-5H3,(H2,23,24). The van der Waals surface area contributed by atoms with Gasteiger partial charge in [-0.2, -0.15) is 0 Å². The van der Waals surface area contributed by atoms with E-state index in [1.165, 1.54) is 0 Å². The molecule has 29 heavy (non-hydrogen) atoms. The number of ether oxygens (including phenoxy) is 2. The number of anilines is 1. The van der Waals surface area contributed by atoms with Crippen LogP contribution < -0.4 is 10.5 Å². The Kier molecular flexibility index (Phi) is 6.29. The van der Waals surface area contributed by atoms with Gasteiger partial charge in [-0.25, -0.2) is 9.97 Å². The van der Waals surface area contributed by atoms with Crippen LogP contribution in [0.5, 0.6) is 5.75 Å². The lowest BCUT2D eigenvalue weighted by Crippen LogP contribution is -2.21. The highest BCUT2D eigenvalue weighted by Gasteiger charge is 2.21. The van der Waals surface area contributed by atoms with Crippen molar-refractivity contribution in [1.29, 1.82) is 0 Å². The van der Waals surface area contributed by atoms with E-state index in [1.807, 2.05) is 25.1 Å². The van der Waals surface area contributed by atoms with Crippen LogP contribution in [-0.4, -0.2) is 38.5 Å². The lowest BCUT2D eigenvalue weighted by molar-refractivity contribution is 0.0555. The van der Waals surface area contributed by atoms with E-state index in [0.717, 1.165) is 34.5 Å². The van der Waals surface area contributed by atoms with Gasteiger partial charge in [0.1, 0.15) is 23.7 Å². The van der Waals surface area contributed by atoms with E-state index in [9.17, 15) is 5.11 Å². The third kappa shape index (κ3) is 4.79. The van der Waals surface area contributed by atoms with E-state index in [2.05, 4.69) is 23.4 Å². The molecule has 3 rings (SSSR count). The molecule has 2 aromatic heterocycles. The van der Waals surface area contributed by atoms with Crippen molar-refractivity contribution in [3.63, 3.8) is 0 Å². The fourth-order valence-electron chi connectivity index (χ4n) is 3.36. The van der Waals surface area contributed by atoms with Gasteiger partial charge in [0.2, 0.25) is 0 Å². The van der Waals surface area contributed by atoms with Crippen LogP contribution in [0.1, 0.15) is 46.9 Å². The Morgan fingerprint density at radius 2 is 2.00 bits per heavy atom. The van der Waals surface area contributed by atoms with Crippen molar-refractivity contribution in [2.75, 3.05) is 18.9 Å². The Morgan fingerprint density at radius 1 is 1.24 bits per heavy atom. The summed E-state index contributed by atoms with van der Waals surface area (Å²) in [5.41, 5.74) is 7.85. The van der Waals surface area contributed by atoms with Gasteiger partial charge in [-0.15, -0.1) is 0 Å². The van der Waals surface area contributed by atoms with Gasteiger partial charge in [0.15, 0.2) is 5.82 Å². The van der Waals surface area contributed by atoms with E-state index in [4.69, 9.17) is 20.2 Å². The summed E-state index contributed by atoms with van der Waals surface area (Å²) < 4.78 is 13.9. The minimum atomic E-state index is -0.785. The first-order chi connectivity index (χ1) is 13.7. The number of nitrogens with two attached hydrogens (primary N) is 1. The number of benzene rings is 1. The maximum Gasteiger partial charge on any atom is 0.152 e. The van der Waals surface area contributed by atoms with Crippen molar-refractivity contribution in [3.05, 3.63) is 24.0 Å². The second kappa shape index (κ2) is 8.55. The summed E-state index contributed by atoms with van der Waals surface area (Å²) in [6, 6.07) is 5.77. The number of fused-ring (bicyclic) bond motifs is 3. The minimum Gasteiger partial charge on any atom is -0.493 e. The van der Waals surface area contributed by atoms with Gasteiger partial charge >= 0.3 is 0 Å². The molecule has 0 radical (unpaired) electrons. The number of hydrogen-bond acceptors (Lipinski definition) is 6. The summed E-state index contributed by atoms with van der Waals surface area (Å²) in [5, 5.41) is 10.9. The summed E-state index contributed by atoms with van der Waals surface area (Å²) in [4.78, 5) is 9.34. The fourth-order valence-corrected chi connectivity index (χ4v) is 3.36. The molecule has 1 aromatic carbocycles. The number of aliphatic hydroxyl groups is 1. The van der Waals surface area contributed by atoms with E-state index in [-0.39, 0.29) is 0 Å². The lowest BCUT2D eigenvalue weighted by Gasteiger charge is -2.18. The van der Waals surface area contributed by atoms with Gasteiger partial charge in [0.25, 0.3) is 0 Å². The number of imidazole rings is 1. The van der Waals surface area contributed by atoms with Crippen LogP contribution in [0.3, 0.4) is 0 Å². The van der Waals surface area contributed by atoms with E-state index < -0.39 is 5.60 Å². The summed E-state index contributed by atoms with van der Waals surface area (Å²) >= 11 is 0. The first-order valence-electron chi connectivity index (χ1n) is 10.2. The summed E-state index contributed by atoms with van der Waals surface area (Å²) in [7, 11) is 0. The second-order valence-electron chi connectivity index (χ2n) is 8.43. The molecule has 158 valence electrons. The van der Waals surface area contributed by atoms with Crippen molar-refractivity contribution in [2.45, 2.75) is 59.8 Å². The van der Waals surface area contributed by atoms with E-state index in [1.54, 1.807) is 13.8 Å². The lowest BCUT2D eigenvalue weighted by atomic mass is 10.1. The Morgan fingerprint density at radius 3 is 2.66 bits per heavy atom. The molecular weight excluding hydrogens is 368 g/mol. The van der Waals surface area contributed by atoms with Crippen LogP contribution in [0, 0.1) is 5.92 Å². The van der Waals surface area contributed by atoms with Gasteiger partial charge in [-0.3, -0.25) is 0 Å². The number of rotatable bonds is 9. The Bertz CT molecular complexity index is 989. The third-order valence-corrected chi connectivity index (χ3v) is 4.73. The molecule has 0 amide bonds. The zero-order valence-corrected chi connectivity index (χ0v) is 18.0. The molecular formula is C22H32N4O3. The summed E-state index contributed by atoms with van der Waals surface area (Å²) in [5.74, 6) is 2.38. The van der Waals surface area contributed by atoms with Crippen LogP contribution in [0.25, 0.3) is 21.9 Å². The van der Waals surface area contributed by atoms with Gasteiger partial charge in [-0.1, -0.05) is 19.9 Å². The molecule has 0 bridgehead atoms. The zero-order valence-electron chi connectivity index (χ0n) is 18.0. The van der Waals surface area contributed by atoms with Crippen LogP contribution in [0.2, 0.25) is 0 Å². The largest absolute Gasteiger partial charge is 0.493 e. The van der Waals surface area contributed by atoms with Crippen LogP contribution in [-0.2, 0) is 17.9 Å². The normalized spacial score (nSPS) is 12.4. The van der Waals surface area contributed by atoms with Crippen molar-refractivity contribution < 1.29 is 14.6 Å². The maximum absolute atomic E-state index is 10.0. The molecule has 0 spiro atoms. The minimum absolute atomic E-state index is 0.401. The fraction of sp³-hybridized carbons (Fsp3) is 0.545. The molecule has 2 heterocycles. The van der Waals surface area contributed by atoms with Crippen LogP contribution in [0.4, 0.5) is 5.82 Å². The summed E-state index contributed by atoms with van der Waals surface area (Å²) in [6.45, 7) is 12.1. The number of aromatic nitrogens is 3. The maximum atomic E-state index is 10.0. The Balaban J connectivity index is 2.19. The molecule has 0 aliphatic heterocycles. The molecule has 0 atom stereocenters. The number of nitrogens with zero attached hydrogens (tertiary/aromatic N) is 3. The smallest absolute Gasteiger partial charge is 0.152 e. The molecule has 7 heteroatoms. The van der Waals surface area contributed by atoms with Crippen molar-refractivity contribution in [2.24, 2.45) is 5.92 Å². The molecule has 0 aliphatic rings. The van der Waals surface area contributed by atoms with E-state index in [0.29, 0.717) is 43.5 Å². The highest BCUT2D eigenvalue weighted by atomic mass is 16.5. The van der Waals surface area contributed by atoms with E-state index >= 15 is 0 Å². The van der Waals surface area contributed by atoms with Gasteiger partial charge in [0.05, 0.1) is 28.6 Å². The SMILES string of the molecule is CCOCc1nc2c(N)nc3cccc(OCCC(C)(C)O)c3c2n1CC(C)C. The third-order valence-electron chi connectivity index (χ3n) is 4.73. The summed E-state index contributed by atoms with van der Waals surface area (Å²) in [6.07, 6.45) is 0.524. The monoisotopic (exact) mass is 400 g/mol. The molecule has 0 unspecified atom stereocenters. The number of hydrogen-bond donors (Lipinski definition) is 2. The second-order valence-corrected chi connectivity index (χ2v) is 8.43. The highest BCUT2D eigenvalue weighted by Crippen LogP contribution is 2.35. The molecule has 0 aliphatic carbocycles. The number of pyridine rings is 1. The topological polar surface area (TPSA) is 95.4 Å². The van der Waals surface area contributed by atoms with Crippen molar-refractivity contribution in [3.8, 4) is 5.75 Å². The Hall–Kier alpha value is -2.38. The predicted octanol–water partition coefficient (Wildman–Crippen LogP) is 3.90. The molecule has 0 saturated carbocycles. The van der Waals surface area contributed by atoms with Gasteiger partial charge in [0, 0.05) is 19.6 Å². The average Bonchev–Trinajstić information content (AvgIpc) is 2.97. The molecule has 0 fully saturated rings. The quantitative estimate of drug-likeness (QED) is 0.566. The molecule has 3 N–H and O–H groups in total. The zero-order chi connectivity index (χ0) is 21.2. The average molecular weight is 401 g/mol. The van der Waals surface area contributed by atoms with Crippen molar-refractivity contribution in [1.82, 2.24) is 14.5 Å². The molecule has 0 saturated heterocycles. The highest BCUT2D eigenvalue weighted by molar-refractivity contribution is 6.09. The van der Waals surface area contributed by atoms with Crippen molar-refractivity contribution >= 4 is 27.8 Å². The Labute approximate surface area is 171 Å². The predicted molar refractivity (Wildman–Crippen MR) is 116 cm³/mol. The first-order valence-corrected chi connectivity index (χ1v) is 10.2.